The number of sulfonamides is 1. The maximum absolute atomic E-state index is 11.9. The summed E-state index contributed by atoms with van der Waals surface area (Å²) in [6.45, 7) is 2.60. The van der Waals surface area contributed by atoms with Crippen molar-refractivity contribution in [3.05, 3.63) is 29.8 Å². The van der Waals surface area contributed by atoms with Crippen molar-refractivity contribution < 1.29 is 8.42 Å². The Morgan fingerprint density at radius 1 is 1.18 bits per heavy atom. The fourth-order valence-corrected chi connectivity index (χ4v) is 2.87. The van der Waals surface area contributed by atoms with Gasteiger partial charge in [0.2, 0.25) is 10.0 Å². The van der Waals surface area contributed by atoms with Crippen molar-refractivity contribution in [2.45, 2.75) is 36.4 Å². The third kappa shape index (κ3) is 4.77. The van der Waals surface area contributed by atoms with E-state index in [1.54, 1.807) is 12.1 Å². The summed E-state index contributed by atoms with van der Waals surface area (Å²) in [6, 6.07) is 6.90. The van der Waals surface area contributed by atoms with Crippen molar-refractivity contribution in [3.8, 4) is 0 Å². The van der Waals surface area contributed by atoms with E-state index in [9.17, 15) is 8.42 Å². The molecule has 1 aromatic carbocycles. The highest BCUT2D eigenvalue weighted by atomic mass is 79.9. The van der Waals surface area contributed by atoms with E-state index in [-0.39, 0.29) is 0 Å². The molecule has 1 rings (SSSR count). The van der Waals surface area contributed by atoms with E-state index in [1.165, 1.54) is 0 Å². The lowest BCUT2D eigenvalue weighted by Crippen LogP contribution is -2.24. The quantitative estimate of drug-likeness (QED) is 0.620. The molecule has 0 atom stereocenters. The van der Waals surface area contributed by atoms with E-state index >= 15 is 0 Å². The van der Waals surface area contributed by atoms with Gasteiger partial charge in [0, 0.05) is 11.9 Å². The third-order valence-corrected chi connectivity index (χ3v) is 4.58. The first-order chi connectivity index (χ1) is 8.10. The zero-order valence-electron chi connectivity index (χ0n) is 9.95. The van der Waals surface area contributed by atoms with Gasteiger partial charge < -0.3 is 0 Å². The van der Waals surface area contributed by atoms with Crippen LogP contribution in [-0.4, -0.2) is 15.0 Å². The summed E-state index contributed by atoms with van der Waals surface area (Å²) in [4.78, 5) is 0.332. The summed E-state index contributed by atoms with van der Waals surface area (Å²) in [5, 5.41) is 0.733. The molecule has 0 aliphatic heterocycles. The third-order valence-electron chi connectivity index (χ3n) is 2.46. The van der Waals surface area contributed by atoms with Gasteiger partial charge in [0.1, 0.15) is 0 Å². The zero-order valence-corrected chi connectivity index (χ0v) is 12.4. The summed E-state index contributed by atoms with van der Waals surface area (Å²) >= 11 is 3.33. The Balaban J connectivity index is 2.62. The smallest absolute Gasteiger partial charge is 0.211 e. The zero-order chi connectivity index (χ0) is 12.7. The number of rotatable bonds is 7. The van der Waals surface area contributed by atoms with Gasteiger partial charge in [-0.25, -0.2) is 13.1 Å². The van der Waals surface area contributed by atoms with Crippen LogP contribution in [0.25, 0.3) is 0 Å². The molecule has 0 saturated heterocycles. The van der Waals surface area contributed by atoms with E-state index in [2.05, 4.69) is 27.6 Å². The number of benzene rings is 1. The molecule has 17 heavy (non-hydrogen) atoms. The molecule has 1 N–H and O–H groups in total. The highest BCUT2D eigenvalue weighted by molar-refractivity contribution is 9.08. The lowest BCUT2D eigenvalue weighted by atomic mass is 10.2. The molecular formula is C12H18BrNO2S. The first kappa shape index (κ1) is 14.7. The summed E-state index contributed by atoms with van der Waals surface area (Å²) in [6.07, 6.45) is 3.02. The highest BCUT2D eigenvalue weighted by Crippen LogP contribution is 2.12. The average molecular weight is 320 g/mol. The van der Waals surface area contributed by atoms with Gasteiger partial charge in [0.15, 0.2) is 0 Å². The van der Waals surface area contributed by atoms with Crippen LogP contribution in [0.15, 0.2) is 29.2 Å². The van der Waals surface area contributed by atoms with Crippen LogP contribution in [-0.2, 0) is 15.4 Å². The van der Waals surface area contributed by atoms with Gasteiger partial charge in [-0.1, -0.05) is 47.8 Å². The molecule has 0 spiro atoms. The Labute approximate surface area is 112 Å². The molecule has 0 aromatic heterocycles. The lowest BCUT2D eigenvalue weighted by molar-refractivity contribution is 0.576. The summed E-state index contributed by atoms with van der Waals surface area (Å²) < 4.78 is 26.4. The lowest BCUT2D eigenvalue weighted by Gasteiger charge is -2.06. The normalized spacial score (nSPS) is 11.6. The molecule has 0 fully saturated rings. The van der Waals surface area contributed by atoms with Gasteiger partial charge in [-0.15, -0.1) is 0 Å². The average Bonchev–Trinajstić information content (AvgIpc) is 2.35. The molecule has 5 heteroatoms. The van der Waals surface area contributed by atoms with Crippen molar-refractivity contribution >= 4 is 26.0 Å². The van der Waals surface area contributed by atoms with Crippen LogP contribution in [0.1, 0.15) is 31.7 Å². The van der Waals surface area contributed by atoms with Crippen molar-refractivity contribution in [2.75, 3.05) is 6.54 Å². The van der Waals surface area contributed by atoms with Crippen LogP contribution < -0.4 is 4.72 Å². The maximum Gasteiger partial charge on any atom is 0.240 e. The molecule has 0 unspecified atom stereocenters. The first-order valence-corrected chi connectivity index (χ1v) is 8.35. The van der Waals surface area contributed by atoms with Crippen molar-refractivity contribution in [2.24, 2.45) is 0 Å². The van der Waals surface area contributed by atoms with Crippen LogP contribution in [0.3, 0.4) is 0 Å². The van der Waals surface area contributed by atoms with Gasteiger partial charge in [-0.3, -0.25) is 0 Å². The molecule has 96 valence electrons. The molecule has 1 aromatic rings. The predicted molar refractivity (Wildman–Crippen MR) is 73.8 cm³/mol. The minimum absolute atomic E-state index is 0.332. The van der Waals surface area contributed by atoms with E-state index in [0.717, 1.165) is 30.2 Å². The first-order valence-electron chi connectivity index (χ1n) is 5.74. The van der Waals surface area contributed by atoms with Crippen LogP contribution in [0.2, 0.25) is 0 Å². The number of halogens is 1. The Morgan fingerprint density at radius 3 is 2.35 bits per heavy atom. The number of hydrogen-bond donors (Lipinski definition) is 1. The molecule has 0 saturated carbocycles. The summed E-state index contributed by atoms with van der Waals surface area (Å²) in [5.41, 5.74) is 1.06. The van der Waals surface area contributed by atoms with E-state index in [0.29, 0.717) is 11.4 Å². The van der Waals surface area contributed by atoms with Gasteiger partial charge >= 0.3 is 0 Å². The van der Waals surface area contributed by atoms with Crippen LogP contribution in [0.5, 0.6) is 0 Å². The SMILES string of the molecule is CCCCCNS(=O)(=O)c1ccc(CBr)cc1. The number of alkyl halides is 1. The molecule has 0 aliphatic rings. The molecule has 0 aliphatic carbocycles. The minimum Gasteiger partial charge on any atom is -0.211 e. The Kier molecular flexibility index (Phi) is 6.16. The topological polar surface area (TPSA) is 46.2 Å². The van der Waals surface area contributed by atoms with Crippen molar-refractivity contribution in [1.29, 1.82) is 0 Å². The van der Waals surface area contributed by atoms with Crippen LogP contribution in [0.4, 0.5) is 0 Å². The van der Waals surface area contributed by atoms with Gasteiger partial charge in [0.25, 0.3) is 0 Å². The fraction of sp³-hybridized carbons (Fsp3) is 0.500. The predicted octanol–water partition coefficient (Wildman–Crippen LogP) is 3.05. The highest BCUT2D eigenvalue weighted by Gasteiger charge is 2.12. The second kappa shape index (κ2) is 7.13. The molecule has 0 radical (unpaired) electrons. The molecule has 0 bridgehead atoms. The van der Waals surface area contributed by atoms with Crippen LogP contribution >= 0.6 is 15.9 Å². The standard InChI is InChI=1S/C12H18BrNO2S/c1-2-3-4-9-14-17(15,16)12-7-5-11(10-13)6-8-12/h5-8,14H,2-4,9-10H2,1H3. The van der Waals surface area contributed by atoms with E-state index in [1.807, 2.05) is 12.1 Å². The second-order valence-corrected chi connectivity index (χ2v) is 6.21. The van der Waals surface area contributed by atoms with Gasteiger partial charge in [-0.2, -0.15) is 0 Å². The van der Waals surface area contributed by atoms with E-state index < -0.39 is 10.0 Å². The van der Waals surface area contributed by atoms with E-state index in [4.69, 9.17) is 0 Å². The number of hydrogen-bond acceptors (Lipinski definition) is 2. The Hall–Kier alpha value is -0.390. The van der Waals surface area contributed by atoms with Crippen LogP contribution in [0, 0.1) is 0 Å². The van der Waals surface area contributed by atoms with Gasteiger partial charge in [0.05, 0.1) is 4.90 Å². The van der Waals surface area contributed by atoms with Crippen molar-refractivity contribution in [3.63, 3.8) is 0 Å². The fourth-order valence-electron chi connectivity index (χ4n) is 1.42. The Morgan fingerprint density at radius 2 is 1.82 bits per heavy atom. The van der Waals surface area contributed by atoms with Gasteiger partial charge in [-0.05, 0) is 24.1 Å². The summed E-state index contributed by atoms with van der Waals surface area (Å²) in [7, 11) is -3.33. The monoisotopic (exact) mass is 319 g/mol. The summed E-state index contributed by atoms with van der Waals surface area (Å²) in [5.74, 6) is 0. The van der Waals surface area contributed by atoms with Crippen molar-refractivity contribution in [1.82, 2.24) is 4.72 Å². The number of unbranched alkanes of at least 4 members (excludes halogenated alkanes) is 2. The second-order valence-electron chi connectivity index (χ2n) is 3.88. The maximum atomic E-state index is 11.9. The largest absolute Gasteiger partial charge is 0.240 e. The molecule has 0 heterocycles. The molecular weight excluding hydrogens is 302 g/mol. The molecule has 3 nitrogen and oxygen atoms in total. The minimum atomic E-state index is -3.33. The molecule has 0 amide bonds. The Bertz CT molecular complexity index is 428. The number of nitrogens with one attached hydrogen (secondary N) is 1.